The number of hydrogen-bond donors (Lipinski definition) is 2. The van der Waals surface area contributed by atoms with E-state index < -0.39 is 0 Å². The van der Waals surface area contributed by atoms with Crippen LogP contribution in [0.2, 0.25) is 0 Å². The van der Waals surface area contributed by atoms with Crippen molar-refractivity contribution in [2.24, 2.45) is 5.92 Å². The first-order chi connectivity index (χ1) is 10.7. The number of nitrogens with zero attached hydrogens (tertiary/aromatic N) is 1. The molecule has 1 aliphatic heterocycles. The van der Waals surface area contributed by atoms with Gasteiger partial charge in [-0.15, -0.1) is 12.4 Å². The van der Waals surface area contributed by atoms with Crippen LogP contribution in [0.4, 0.5) is 5.82 Å². The van der Waals surface area contributed by atoms with Crippen LogP contribution in [0.1, 0.15) is 23.3 Å². The summed E-state index contributed by atoms with van der Waals surface area (Å²) in [6.45, 7) is 4.03. The van der Waals surface area contributed by atoms with Gasteiger partial charge in [0, 0.05) is 6.07 Å². The number of nitrogens with one attached hydrogen (secondary N) is 2. The van der Waals surface area contributed by atoms with Gasteiger partial charge in [0.1, 0.15) is 5.76 Å². The molecule has 2 aromatic rings. The highest BCUT2D eigenvalue weighted by Gasteiger charge is 2.14. The van der Waals surface area contributed by atoms with Crippen molar-refractivity contribution in [1.29, 1.82) is 0 Å². The number of carbonyl (C=O) groups excluding carboxylic acids is 1. The van der Waals surface area contributed by atoms with Gasteiger partial charge >= 0.3 is 0 Å². The number of aryl methyl sites for hydroxylation is 1. The predicted octanol–water partition coefficient (Wildman–Crippen LogP) is 2.74. The fourth-order valence-electron chi connectivity index (χ4n) is 2.81. The summed E-state index contributed by atoms with van der Waals surface area (Å²) in [5.41, 5.74) is 2.34. The zero-order valence-electron chi connectivity index (χ0n) is 13.2. The molecule has 5 nitrogen and oxygen atoms in total. The molecular weight excluding hydrogens is 314 g/mol. The quantitative estimate of drug-likeness (QED) is 0.881. The normalized spacial score (nSPS) is 16.8. The molecule has 6 heteroatoms. The maximum absolute atomic E-state index is 12.0. The first-order valence-corrected chi connectivity index (χ1v) is 7.71. The second-order valence-corrected chi connectivity index (χ2v) is 5.93. The van der Waals surface area contributed by atoms with E-state index in [1.54, 1.807) is 13.0 Å². The van der Waals surface area contributed by atoms with E-state index in [0.717, 1.165) is 31.0 Å². The molecule has 1 aliphatic rings. The summed E-state index contributed by atoms with van der Waals surface area (Å²) in [6, 6.07) is 10.0. The van der Waals surface area contributed by atoms with Crippen LogP contribution in [-0.2, 0) is 17.6 Å². The van der Waals surface area contributed by atoms with Gasteiger partial charge in [0.15, 0.2) is 5.82 Å². The number of rotatable bonds is 5. The van der Waals surface area contributed by atoms with Gasteiger partial charge in [0.25, 0.3) is 0 Å². The largest absolute Gasteiger partial charge is 0.360 e. The average Bonchev–Trinajstić information content (AvgIpc) is 3.13. The molecule has 1 atom stereocenters. The van der Waals surface area contributed by atoms with Crippen LogP contribution >= 0.6 is 12.4 Å². The zero-order chi connectivity index (χ0) is 15.4. The Bertz CT molecular complexity index is 634. The third kappa shape index (κ3) is 5.08. The van der Waals surface area contributed by atoms with Gasteiger partial charge in [-0.25, -0.2) is 0 Å². The van der Waals surface area contributed by atoms with Crippen LogP contribution in [0, 0.1) is 12.8 Å². The molecule has 0 radical (unpaired) electrons. The van der Waals surface area contributed by atoms with Crippen molar-refractivity contribution in [3.8, 4) is 0 Å². The molecule has 1 aromatic heterocycles. The molecule has 0 spiro atoms. The Hall–Kier alpha value is -1.85. The standard InChI is InChI=1S/C17H21N3O2.ClH/c1-12-8-16(20-22-12)19-17(21)10-14-4-2-13(3-5-14)9-15-6-7-18-11-15;/h2-5,8,15,18H,6-7,9-11H2,1H3,(H,19,20,21);1H. The number of benzene rings is 1. The molecule has 0 bridgehead atoms. The number of carbonyl (C=O) groups is 1. The second-order valence-electron chi connectivity index (χ2n) is 5.93. The number of halogens is 1. The number of hydrogen-bond acceptors (Lipinski definition) is 4. The molecule has 1 amide bonds. The SMILES string of the molecule is Cc1cc(NC(=O)Cc2ccc(CC3CCNC3)cc2)no1.Cl. The van der Waals surface area contributed by atoms with Gasteiger partial charge in [-0.3, -0.25) is 4.79 Å². The lowest BCUT2D eigenvalue weighted by atomic mass is 9.97. The maximum atomic E-state index is 12.0. The van der Waals surface area contributed by atoms with Crippen molar-refractivity contribution >= 4 is 24.1 Å². The molecular formula is C17H22ClN3O2. The second kappa shape index (κ2) is 8.13. The Morgan fingerprint density at radius 2 is 2.09 bits per heavy atom. The third-order valence-corrected chi connectivity index (χ3v) is 3.97. The van der Waals surface area contributed by atoms with Gasteiger partial charge in [0.05, 0.1) is 6.42 Å². The van der Waals surface area contributed by atoms with Crippen molar-refractivity contribution < 1.29 is 9.32 Å². The number of amides is 1. The van der Waals surface area contributed by atoms with E-state index in [9.17, 15) is 4.79 Å². The summed E-state index contributed by atoms with van der Waals surface area (Å²) < 4.78 is 4.92. The van der Waals surface area contributed by atoms with Gasteiger partial charge in [0.2, 0.25) is 5.91 Å². The summed E-state index contributed by atoms with van der Waals surface area (Å²) >= 11 is 0. The van der Waals surface area contributed by atoms with Gasteiger partial charge in [-0.05, 0) is 49.9 Å². The molecule has 124 valence electrons. The lowest BCUT2D eigenvalue weighted by Crippen LogP contribution is -2.14. The fraction of sp³-hybridized carbons (Fsp3) is 0.412. The zero-order valence-corrected chi connectivity index (χ0v) is 14.0. The Balaban J connectivity index is 0.00000192. The summed E-state index contributed by atoms with van der Waals surface area (Å²) in [4.78, 5) is 12.0. The van der Waals surface area contributed by atoms with Crippen LogP contribution in [0.5, 0.6) is 0 Å². The van der Waals surface area contributed by atoms with E-state index in [2.05, 4.69) is 27.9 Å². The highest BCUT2D eigenvalue weighted by molar-refractivity contribution is 5.91. The lowest BCUT2D eigenvalue weighted by molar-refractivity contribution is -0.115. The van der Waals surface area contributed by atoms with E-state index in [1.165, 1.54) is 12.0 Å². The van der Waals surface area contributed by atoms with Crippen molar-refractivity contribution in [3.63, 3.8) is 0 Å². The first-order valence-electron chi connectivity index (χ1n) is 7.71. The van der Waals surface area contributed by atoms with Crippen LogP contribution in [0.15, 0.2) is 34.9 Å². The van der Waals surface area contributed by atoms with E-state index in [0.29, 0.717) is 18.0 Å². The molecule has 1 fully saturated rings. The molecule has 0 saturated carbocycles. The molecule has 2 heterocycles. The molecule has 3 rings (SSSR count). The van der Waals surface area contributed by atoms with Crippen molar-refractivity contribution in [2.45, 2.75) is 26.2 Å². The first kappa shape index (κ1) is 17.5. The Kier molecular flexibility index (Phi) is 6.19. The number of anilines is 1. The van der Waals surface area contributed by atoms with Crippen molar-refractivity contribution in [3.05, 3.63) is 47.2 Å². The highest BCUT2D eigenvalue weighted by Crippen LogP contribution is 2.16. The van der Waals surface area contributed by atoms with E-state index in [1.807, 2.05) is 12.1 Å². The van der Waals surface area contributed by atoms with Crippen molar-refractivity contribution in [2.75, 3.05) is 18.4 Å². The van der Waals surface area contributed by atoms with E-state index in [4.69, 9.17) is 4.52 Å². The summed E-state index contributed by atoms with van der Waals surface area (Å²) in [5.74, 6) is 1.81. The molecule has 1 unspecified atom stereocenters. The smallest absolute Gasteiger partial charge is 0.230 e. The van der Waals surface area contributed by atoms with E-state index in [-0.39, 0.29) is 18.3 Å². The number of aromatic nitrogens is 1. The van der Waals surface area contributed by atoms with Gasteiger partial charge in [-0.1, -0.05) is 29.4 Å². The van der Waals surface area contributed by atoms with Gasteiger partial charge in [-0.2, -0.15) is 0 Å². The molecule has 23 heavy (non-hydrogen) atoms. The molecule has 1 saturated heterocycles. The van der Waals surface area contributed by atoms with Crippen LogP contribution in [-0.4, -0.2) is 24.2 Å². The summed E-state index contributed by atoms with van der Waals surface area (Å²) in [5, 5.41) is 9.88. The van der Waals surface area contributed by atoms with Crippen LogP contribution in [0.3, 0.4) is 0 Å². The Labute approximate surface area is 142 Å². The summed E-state index contributed by atoms with van der Waals surface area (Å²) in [6.07, 6.45) is 2.70. The maximum Gasteiger partial charge on any atom is 0.230 e. The predicted molar refractivity (Wildman–Crippen MR) is 91.9 cm³/mol. The molecule has 1 aromatic carbocycles. The third-order valence-electron chi connectivity index (χ3n) is 3.97. The van der Waals surface area contributed by atoms with Crippen LogP contribution in [0.25, 0.3) is 0 Å². The van der Waals surface area contributed by atoms with Gasteiger partial charge < -0.3 is 15.2 Å². The lowest BCUT2D eigenvalue weighted by Gasteiger charge is -2.09. The van der Waals surface area contributed by atoms with E-state index >= 15 is 0 Å². The summed E-state index contributed by atoms with van der Waals surface area (Å²) in [7, 11) is 0. The minimum Gasteiger partial charge on any atom is -0.360 e. The van der Waals surface area contributed by atoms with Crippen molar-refractivity contribution in [1.82, 2.24) is 10.5 Å². The average molecular weight is 336 g/mol. The topological polar surface area (TPSA) is 67.2 Å². The minimum atomic E-state index is -0.0824. The molecule has 2 N–H and O–H groups in total. The Morgan fingerprint density at radius 3 is 2.70 bits per heavy atom. The van der Waals surface area contributed by atoms with Crippen LogP contribution < -0.4 is 10.6 Å². The Morgan fingerprint density at radius 1 is 1.35 bits per heavy atom. The highest BCUT2D eigenvalue weighted by atomic mass is 35.5. The fourth-order valence-corrected chi connectivity index (χ4v) is 2.81. The monoisotopic (exact) mass is 335 g/mol. The minimum absolute atomic E-state index is 0. The molecule has 0 aliphatic carbocycles.